The van der Waals surface area contributed by atoms with Crippen molar-refractivity contribution in [2.75, 3.05) is 11.1 Å². The normalized spacial score (nSPS) is 10.8. The van der Waals surface area contributed by atoms with Crippen LogP contribution >= 0.6 is 15.9 Å². The first kappa shape index (κ1) is 13.7. The van der Waals surface area contributed by atoms with Gasteiger partial charge in [-0.1, -0.05) is 6.07 Å². The van der Waals surface area contributed by atoms with Crippen molar-refractivity contribution in [3.05, 3.63) is 58.2 Å². The van der Waals surface area contributed by atoms with Gasteiger partial charge >= 0.3 is 0 Å². The molecular formula is C16H14BrN3O. The Bertz CT molecular complexity index is 839. The number of aromatic amines is 1. The molecule has 0 saturated carbocycles. The fourth-order valence-electron chi connectivity index (χ4n) is 2.26. The number of H-pyrrole nitrogens is 1. The fraction of sp³-hybridized carbons (Fsp3) is 0.0625. The molecule has 106 valence electrons. The van der Waals surface area contributed by atoms with Crippen molar-refractivity contribution in [1.82, 2.24) is 4.98 Å². The van der Waals surface area contributed by atoms with Crippen LogP contribution in [0.3, 0.4) is 0 Å². The molecule has 3 rings (SSSR count). The first-order valence-corrected chi connectivity index (χ1v) is 7.28. The summed E-state index contributed by atoms with van der Waals surface area (Å²) in [5.74, 6) is -0.155. The molecule has 0 atom stereocenters. The molecule has 0 saturated heterocycles. The number of carbonyl (C=O) groups excluding carboxylic acids is 1. The number of aromatic nitrogens is 1. The van der Waals surface area contributed by atoms with E-state index in [-0.39, 0.29) is 5.91 Å². The van der Waals surface area contributed by atoms with E-state index in [1.165, 1.54) is 0 Å². The van der Waals surface area contributed by atoms with Gasteiger partial charge in [0.2, 0.25) is 0 Å². The Kier molecular flexibility index (Phi) is 3.43. The van der Waals surface area contributed by atoms with Gasteiger partial charge in [0.1, 0.15) is 0 Å². The average molecular weight is 344 g/mol. The predicted octanol–water partition coefficient (Wildman–Crippen LogP) is 4.07. The number of anilines is 2. The van der Waals surface area contributed by atoms with Crippen LogP contribution in [0.5, 0.6) is 0 Å². The maximum atomic E-state index is 12.5. The number of nitrogens with two attached hydrogens (primary N) is 1. The minimum atomic E-state index is -0.155. The number of hydrogen-bond donors (Lipinski definition) is 3. The van der Waals surface area contributed by atoms with Crippen LogP contribution < -0.4 is 11.1 Å². The quantitative estimate of drug-likeness (QED) is 0.613. The van der Waals surface area contributed by atoms with Gasteiger partial charge in [0.05, 0.1) is 11.3 Å². The Labute approximate surface area is 130 Å². The van der Waals surface area contributed by atoms with E-state index in [9.17, 15) is 4.79 Å². The zero-order valence-corrected chi connectivity index (χ0v) is 13.0. The van der Waals surface area contributed by atoms with E-state index < -0.39 is 0 Å². The van der Waals surface area contributed by atoms with Crippen molar-refractivity contribution in [1.29, 1.82) is 0 Å². The Morgan fingerprint density at radius 1 is 1.24 bits per heavy atom. The maximum Gasteiger partial charge on any atom is 0.257 e. The van der Waals surface area contributed by atoms with Gasteiger partial charge in [0.15, 0.2) is 0 Å². The molecule has 1 aromatic heterocycles. The summed E-state index contributed by atoms with van der Waals surface area (Å²) in [7, 11) is 0. The van der Waals surface area contributed by atoms with Crippen LogP contribution in [0.4, 0.5) is 11.4 Å². The molecule has 0 bridgehead atoms. The minimum absolute atomic E-state index is 0.155. The lowest BCUT2D eigenvalue weighted by atomic mass is 10.1. The highest BCUT2D eigenvalue weighted by molar-refractivity contribution is 9.10. The number of amides is 1. The number of nitrogen functional groups attached to an aromatic ring is 1. The lowest BCUT2D eigenvalue weighted by Crippen LogP contribution is -2.11. The standard InChI is InChI=1S/C16H14BrN3O/c1-9-2-5-13(17)15(6-9)20-16(21)12-8-19-14-7-10(18)3-4-11(12)14/h2-8,19H,18H2,1H3,(H,20,21). The summed E-state index contributed by atoms with van der Waals surface area (Å²) in [4.78, 5) is 15.5. The molecule has 0 radical (unpaired) electrons. The minimum Gasteiger partial charge on any atom is -0.399 e. The van der Waals surface area contributed by atoms with Crippen molar-refractivity contribution in [2.45, 2.75) is 6.92 Å². The molecule has 3 aromatic rings. The van der Waals surface area contributed by atoms with E-state index >= 15 is 0 Å². The first-order valence-electron chi connectivity index (χ1n) is 6.49. The molecule has 0 unspecified atom stereocenters. The van der Waals surface area contributed by atoms with Crippen molar-refractivity contribution in [3.63, 3.8) is 0 Å². The topological polar surface area (TPSA) is 70.9 Å². The fourth-order valence-corrected chi connectivity index (χ4v) is 2.60. The van der Waals surface area contributed by atoms with Crippen molar-refractivity contribution in [3.8, 4) is 0 Å². The summed E-state index contributed by atoms with van der Waals surface area (Å²) in [6.45, 7) is 1.98. The Balaban J connectivity index is 1.95. The van der Waals surface area contributed by atoms with E-state index in [2.05, 4.69) is 26.2 Å². The van der Waals surface area contributed by atoms with Gasteiger partial charge < -0.3 is 16.0 Å². The first-order chi connectivity index (χ1) is 10.0. The Morgan fingerprint density at radius 3 is 2.86 bits per heavy atom. The van der Waals surface area contributed by atoms with Crippen LogP contribution in [0.1, 0.15) is 15.9 Å². The summed E-state index contributed by atoms with van der Waals surface area (Å²) >= 11 is 3.44. The molecule has 0 aliphatic carbocycles. The second-order valence-corrected chi connectivity index (χ2v) is 5.80. The van der Waals surface area contributed by atoms with Crippen LogP contribution in [-0.4, -0.2) is 10.9 Å². The van der Waals surface area contributed by atoms with Gasteiger partial charge in [-0.25, -0.2) is 0 Å². The van der Waals surface area contributed by atoms with E-state index in [1.807, 2.05) is 37.3 Å². The smallest absolute Gasteiger partial charge is 0.257 e. The highest BCUT2D eigenvalue weighted by Gasteiger charge is 2.13. The number of rotatable bonds is 2. The number of fused-ring (bicyclic) bond motifs is 1. The second kappa shape index (κ2) is 5.26. The lowest BCUT2D eigenvalue weighted by Gasteiger charge is -2.08. The van der Waals surface area contributed by atoms with Crippen LogP contribution in [0.15, 0.2) is 47.1 Å². The molecule has 0 spiro atoms. The Morgan fingerprint density at radius 2 is 2.05 bits per heavy atom. The molecular weight excluding hydrogens is 330 g/mol. The van der Waals surface area contributed by atoms with E-state index in [4.69, 9.17) is 5.73 Å². The third-order valence-corrected chi connectivity index (χ3v) is 4.01. The van der Waals surface area contributed by atoms with Gasteiger partial charge in [-0.15, -0.1) is 0 Å². The number of benzene rings is 2. The lowest BCUT2D eigenvalue weighted by molar-refractivity contribution is 0.102. The molecule has 4 nitrogen and oxygen atoms in total. The molecule has 21 heavy (non-hydrogen) atoms. The molecule has 1 heterocycles. The van der Waals surface area contributed by atoms with E-state index in [0.717, 1.165) is 26.6 Å². The largest absolute Gasteiger partial charge is 0.399 e. The van der Waals surface area contributed by atoms with Gasteiger partial charge in [-0.05, 0) is 58.7 Å². The van der Waals surface area contributed by atoms with Gasteiger partial charge in [0, 0.05) is 27.3 Å². The third kappa shape index (κ3) is 2.64. The van der Waals surface area contributed by atoms with Crippen molar-refractivity contribution in [2.24, 2.45) is 0 Å². The zero-order valence-electron chi connectivity index (χ0n) is 11.4. The van der Waals surface area contributed by atoms with Crippen molar-refractivity contribution < 1.29 is 4.79 Å². The summed E-state index contributed by atoms with van der Waals surface area (Å²) in [6.07, 6.45) is 1.70. The molecule has 2 aromatic carbocycles. The zero-order chi connectivity index (χ0) is 15.0. The molecule has 0 aliphatic rings. The van der Waals surface area contributed by atoms with E-state index in [1.54, 1.807) is 12.3 Å². The van der Waals surface area contributed by atoms with Crippen molar-refractivity contribution >= 4 is 44.1 Å². The average Bonchev–Trinajstić information content (AvgIpc) is 2.85. The highest BCUT2D eigenvalue weighted by Crippen LogP contribution is 2.26. The van der Waals surface area contributed by atoms with Crippen LogP contribution in [-0.2, 0) is 0 Å². The molecule has 4 N–H and O–H groups in total. The Hall–Kier alpha value is -2.27. The summed E-state index contributed by atoms with van der Waals surface area (Å²) in [5, 5.41) is 3.78. The molecule has 1 amide bonds. The number of hydrogen-bond acceptors (Lipinski definition) is 2. The maximum absolute atomic E-state index is 12.5. The number of carbonyl (C=O) groups is 1. The second-order valence-electron chi connectivity index (χ2n) is 4.94. The van der Waals surface area contributed by atoms with E-state index in [0.29, 0.717) is 11.3 Å². The van der Waals surface area contributed by atoms with Crippen LogP contribution in [0.25, 0.3) is 10.9 Å². The SMILES string of the molecule is Cc1ccc(Br)c(NC(=O)c2c[nH]c3cc(N)ccc23)c1. The number of aryl methyl sites for hydroxylation is 1. The van der Waals surface area contributed by atoms with Gasteiger partial charge in [-0.3, -0.25) is 4.79 Å². The highest BCUT2D eigenvalue weighted by atomic mass is 79.9. The summed E-state index contributed by atoms with van der Waals surface area (Å²) in [5.41, 5.74) is 9.69. The third-order valence-electron chi connectivity index (χ3n) is 3.32. The molecule has 5 heteroatoms. The van der Waals surface area contributed by atoms with Gasteiger partial charge in [0.25, 0.3) is 5.91 Å². The summed E-state index contributed by atoms with van der Waals surface area (Å²) in [6, 6.07) is 11.3. The van der Waals surface area contributed by atoms with Crippen LogP contribution in [0.2, 0.25) is 0 Å². The monoisotopic (exact) mass is 343 g/mol. The predicted molar refractivity (Wildman–Crippen MR) is 89.5 cm³/mol. The number of halogens is 1. The van der Waals surface area contributed by atoms with Crippen LogP contribution in [0, 0.1) is 6.92 Å². The number of nitrogens with one attached hydrogen (secondary N) is 2. The van der Waals surface area contributed by atoms with Gasteiger partial charge in [-0.2, -0.15) is 0 Å². The summed E-state index contributed by atoms with van der Waals surface area (Å²) < 4.78 is 0.852. The molecule has 0 fully saturated rings. The molecule has 0 aliphatic heterocycles.